The average molecular weight is 700 g/mol. The number of aromatic nitrogens is 2. The summed E-state index contributed by atoms with van der Waals surface area (Å²) in [5.41, 5.74) is 8.34. The van der Waals surface area contributed by atoms with E-state index in [1.54, 1.807) is 12.1 Å². The van der Waals surface area contributed by atoms with E-state index in [1.807, 2.05) is 11.3 Å². The molecule has 1 radical (unpaired) electrons. The Bertz CT molecular complexity index is 2020. The minimum Gasteiger partial charge on any atom is -0.477 e. The first kappa shape index (κ1) is 25.1. The van der Waals surface area contributed by atoms with Gasteiger partial charge in [0.1, 0.15) is 5.69 Å². The van der Waals surface area contributed by atoms with Crippen molar-refractivity contribution in [3.63, 3.8) is 0 Å². The molecule has 0 spiro atoms. The van der Waals surface area contributed by atoms with Crippen molar-refractivity contribution in [2.24, 2.45) is 0 Å². The van der Waals surface area contributed by atoms with E-state index < -0.39 is 5.97 Å². The molecule has 4 nitrogen and oxygen atoms in total. The Balaban J connectivity index is 0.000000239. The van der Waals surface area contributed by atoms with E-state index in [-0.39, 0.29) is 25.8 Å². The normalized spacial score (nSPS) is 11.1. The Labute approximate surface area is 242 Å². The van der Waals surface area contributed by atoms with Crippen LogP contribution in [0.15, 0.2) is 109 Å². The number of carboxylic acids is 1. The van der Waals surface area contributed by atoms with Gasteiger partial charge in [-0.1, -0.05) is 72.1 Å². The minimum absolute atomic E-state index is 0. The molecule has 0 bridgehead atoms. The first-order chi connectivity index (χ1) is 18.7. The summed E-state index contributed by atoms with van der Waals surface area (Å²) < 4.78 is 2.60. The SMILES string of the molecule is O=C(O)c1ccccn1.[Ir].[c-]1cc2c(cc1-c1cc3c4c(cccc4n1)-c1ccccc1-3)sc1ccccc12. The van der Waals surface area contributed by atoms with Gasteiger partial charge in [0.2, 0.25) is 0 Å². The zero-order valence-corrected chi connectivity index (χ0v) is 23.6. The predicted octanol–water partition coefficient (Wildman–Crippen LogP) is 8.49. The van der Waals surface area contributed by atoms with Gasteiger partial charge in [0.25, 0.3) is 0 Å². The van der Waals surface area contributed by atoms with Crippen LogP contribution in [-0.4, -0.2) is 21.0 Å². The zero-order valence-electron chi connectivity index (χ0n) is 20.4. The van der Waals surface area contributed by atoms with Crippen LogP contribution in [0.25, 0.3) is 64.6 Å². The van der Waals surface area contributed by atoms with E-state index in [4.69, 9.17) is 10.1 Å². The van der Waals surface area contributed by atoms with Gasteiger partial charge in [-0.15, -0.1) is 23.8 Å². The van der Waals surface area contributed by atoms with Crippen LogP contribution < -0.4 is 0 Å². The number of pyridine rings is 2. The quantitative estimate of drug-likeness (QED) is 0.184. The van der Waals surface area contributed by atoms with Gasteiger partial charge in [-0.05, 0) is 62.3 Å². The number of benzene rings is 4. The molecule has 0 atom stereocenters. The maximum atomic E-state index is 10.1. The predicted molar refractivity (Wildman–Crippen MR) is 155 cm³/mol. The fourth-order valence-corrected chi connectivity index (χ4v) is 6.24. The molecule has 3 aromatic heterocycles. The third kappa shape index (κ3) is 4.33. The average Bonchev–Trinajstić information content (AvgIpc) is 3.50. The van der Waals surface area contributed by atoms with E-state index in [0.717, 1.165) is 16.8 Å². The van der Waals surface area contributed by atoms with Gasteiger partial charge in [-0.25, -0.2) is 9.78 Å². The summed E-state index contributed by atoms with van der Waals surface area (Å²) >= 11 is 1.84. The van der Waals surface area contributed by atoms with Crippen molar-refractivity contribution in [2.75, 3.05) is 0 Å². The summed E-state index contributed by atoms with van der Waals surface area (Å²) in [4.78, 5) is 18.7. The first-order valence-corrected chi connectivity index (χ1v) is 13.0. The van der Waals surface area contributed by atoms with Gasteiger partial charge in [-0.3, -0.25) is 4.98 Å². The molecule has 0 saturated carbocycles. The van der Waals surface area contributed by atoms with Crippen molar-refractivity contribution in [3.05, 3.63) is 121 Å². The Hall–Kier alpha value is -4.22. The van der Waals surface area contributed by atoms with Gasteiger partial charge in [-0.2, -0.15) is 11.3 Å². The first-order valence-electron chi connectivity index (χ1n) is 12.2. The minimum atomic E-state index is -0.990. The van der Waals surface area contributed by atoms with Crippen LogP contribution >= 0.6 is 11.3 Å². The fraction of sp³-hybridized carbons (Fsp3) is 0. The third-order valence-corrected chi connectivity index (χ3v) is 7.94. The Kier molecular flexibility index (Phi) is 6.53. The molecule has 4 aromatic carbocycles. The van der Waals surface area contributed by atoms with E-state index in [0.29, 0.717) is 0 Å². The number of nitrogens with zero attached hydrogens (tertiary/aromatic N) is 2. The molecule has 1 aliphatic rings. The summed E-state index contributed by atoms with van der Waals surface area (Å²) in [5, 5.41) is 12.2. The second-order valence-corrected chi connectivity index (χ2v) is 10.1. The Morgan fingerprint density at radius 1 is 0.744 bits per heavy atom. The molecule has 6 heteroatoms. The molecule has 7 aromatic rings. The number of hydrogen-bond acceptors (Lipinski definition) is 4. The molecular formula is C33H19IrN2O2S-. The van der Waals surface area contributed by atoms with Crippen molar-refractivity contribution in [2.45, 2.75) is 0 Å². The summed E-state index contributed by atoms with van der Waals surface area (Å²) in [5.74, 6) is -0.990. The molecule has 0 amide bonds. The fourth-order valence-electron chi connectivity index (χ4n) is 5.12. The topological polar surface area (TPSA) is 63.1 Å². The van der Waals surface area contributed by atoms with Crippen LogP contribution in [0, 0.1) is 6.07 Å². The maximum absolute atomic E-state index is 10.1. The van der Waals surface area contributed by atoms with Crippen molar-refractivity contribution < 1.29 is 30.0 Å². The molecule has 39 heavy (non-hydrogen) atoms. The Morgan fingerprint density at radius 3 is 2.26 bits per heavy atom. The number of thiophene rings is 1. The van der Waals surface area contributed by atoms with Crippen LogP contribution in [0.2, 0.25) is 0 Å². The number of carboxylic acid groups (broad SMARTS) is 1. The number of carbonyl (C=O) groups is 1. The smallest absolute Gasteiger partial charge is 0.354 e. The monoisotopic (exact) mass is 700 g/mol. The number of aromatic carboxylic acids is 1. The molecule has 8 rings (SSSR count). The van der Waals surface area contributed by atoms with Gasteiger partial charge in [0.05, 0.1) is 5.52 Å². The summed E-state index contributed by atoms with van der Waals surface area (Å²) in [6, 6.07) is 38.5. The van der Waals surface area contributed by atoms with Crippen LogP contribution in [0.5, 0.6) is 0 Å². The zero-order chi connectivity index (χ0) is 25.6. The Morgan fingerprint density at radius 2 is 1.49 bits per heavy atom. The van der Waals surface area contributed by atoms with Crippen LogP contribution in [0.4, 0.5) is 0 Å². The van der Waals surface area contributed by atoms with Gasteiger partial charge >= 0.3 is 5.97 Å². The van der Waals surface area contributed by atoms with E-state index in [2.05, 4.69) is 96.0 Å². The second-order valence-electron chi connectivity index (χ2n) is 9.04. The van der Waals surface area contributed by atoms with Crippen LogP contribution in [-0.2, 0) is 20.1 Å². The van der Waals surface area contributed by atoms with Gasteiger partial charge < -0.3 is 5.11 Å². The molecule has 189 valence electrons. The van der Waals surface area contributed by atoms with Crippen molar-refractivity contribution >= 4 is 48.4 Å². The van der Waals surface area contributed by atoms with Crippen molar-refractivity contribution in [1.82, 2.24) is 9.97 Å². The molecule has 0 unspecified atom stereocenters. The number of hydrogen-bond donors (Lipinski definition) is 1. The molecule has 3 heterocycles. The van der Waals surface area contributed by atoms with E-state index in [1.165, 1.54) is 60.1 Å². The number of fused-ring (bicyclic) bond motifs is 6. The molecule has 0 aliphatic heterocycles. The van der Waals surface area contributed by atoms with Crippen molar-refractivity contribution in [1.29, 1.82) is 0 Å². The standard InChI is InChI=1S/C27H14NS.C6H5NO2.Ir/c1-2-7-18-17(6-1)21-9-5-10-23-27(21)22(18)15-24(28-23)16-12-13-20-19-8-3-4-11-25(19)29-26(20)14-16;8-6(9)5-3-1-2-4-7-5;/h1-11,13-15H;1-4H,(H,8,9);/q-1;;. The summed E-state index contributed by atoms with van der Waals surface area (Å²) in [6.07, 6.45) is 1.45. The third-order valence-electron chi connectivity index (χ3n) is 6.81. The summed E-state index contributed by atoms with van der Waals surface area (Å²) in [7, 11) is 0. The molecule has 1 aliphatic carbocycles. The molecular weight excluding hydrogens is 681 g/mol. The largest absolute Gasteiger partial charge is 0.477 e. The van der Waals surface area contributed by atoms with E-state index >= 15 is 0 Å². The second kappa shape index (κ2) is 10.2. The van der Waals surface area contributed by atoms with Crippen molar-refractivity contribution in [3.8, 4) is 33.5 Å². The maximum Gasteiger partial charge on any atom is 0.354 e. The molecule has 1 N–H and O–H groups in total. The molecule has 0 fully saturated rings. The summed E-state index contributed by atoms with van der Waals surface area (Å²) in [6.45, 7) is 0. The number of rotatable bonds is 2. The van der Waals surface area contributed by atoms with Gasteiger partial charge in [0.15, 0.2) is 0 Å². The van der Waals surface area contributed by atoms with Crippen LogP contribution in [0.3, 0.4) is 0 Å². The molecule has 0 saturated heterocycles. The van der Waals surface area contributed by atoms with E-state index in [9.17, 15) is 4.79 Å². The van der Waals surface area contributed by atoms with Gasteiger partial charge in [0, 0.05) is 36.4 Å². The van der Waals surface area contributed by atoms with Crippen LogP contribution in [0.1, 0.15) is 10.5 Å².